The van der Waals surface area contributed by atoms with E-state index in [0.29, 0.717) is 37.8 Å². The lowest BCUT2D eigenvalue weighted by Crippen LogP contribution is -2.45. The lowest BCUT2D eigenvalue weighted by molar-refractivity contribution is 0.0762. The van der Waals surface area contributed by atoms with Crippen molar-refractivity contribution in [3.8, 4) is 0 Å². The first-order valence-corrected chi connectivity index (χ1v) is 9.66. The van der Waals surface area contributed by atoms with Crippen LogP contribution in [0.2, 0.25) is 0 Å². The normalized spacial score (nSPS) is 18.5. The number of nitrogens with zero attached hydrogens (tertiary/aromatic N) is 3. The molecule has 1 heterocycles. The summed E-state index contributed by atoms with van der Waals surface area (Å²) in [6.07, 6.45) is 5.42. The smallest absolute Gasteiger partial charge is 0.317 e. The number of nitrogens with one attached hydrogen (secondary N) is 1. The van der Waals surface area contributed by atoms with E-state index < -0.39 is 0 Å². The number of carbonyl (C=O) groups is 2. The van der Waals surface area contributed by atoms with Crippen molar-refractivity contribution in [1.29, 1.82) is 0 Å². The van der Waals surface area contributed by atoms with Gasteiger partial charge in [-0.25, -0.2) is 4.79 Å². The van der Waals surface area contributed by atoms with E-state index in [9.17, 15) is 9.59 Å². The largest absolute Gasteiger partial charge is 0.378 e. The van der Waals surface area contributed by atoms with Gasteiger partial charge in [-0.15, -0.1) is 0 Å². The molecule has 1 aromatic carbocycles. The highest BCUT2D eigenvalue weighted by atomic mass is 16.2. The average molecular weight is 358 g/mol. The molecule has 1 aromatic rings. The maximum atomic E-state index is 12.8. The first-order chi connectivity index (χ1) is 12.5. The molecule has 142 valence electrons. The minimum Gasteiger partial charge on any atom is -0.378 e. The summed E-state index contributed by atoms with van der Waals surface area (Å²) in [5, 5.41) is 3.15. The predicted octanol–water partition coefficient (Wildman–Crippen LogP) is 2.55. The summed E-state index contributed by atoms with van der Waals surface area (Å²) in [5.74, 6) is 0.0494. The maximum Gasteiger partial charge on any atom is 0.317 e. The molecule has 26 heavy (non-hydrogen) atoms. The number of hydrogen-bond donors (Lipinski definition) is 1. The van der Waals surface area contributed by atoms with Gasteiger partial charge in [0.25, 0.3) is 5.91 Å². The first-order valence-electron chi connectivity index (χ1n) is 9.66. The number of urea groups is 1. The minimum absolute atomic E-state index is 0.0292. The topological polar surface area (TPSA) is 55.9 Å². The van der Waals surface area contributed by atoms with Crippen LogP contribution in [0.1, 0.15) is 42.5 Å². The summed E-state index contributed by atoms with van der Waals surface area (Å²) in [6.45, 7) is 2.59. The third kappa shape index (κ3) is 4.48. The van der Waals surface area contributed by atoms with Crippen molar-refractivity contribution in [1.82, 2.24) is 15.1 Å². The fourth-order valence-corrected chi connectivity index (χ4v) is 3.74. The van der Waals surface area contributed by atoms with E-state index in [4.69, 9.17) is 0 Å². The minimum atomic E-state index is 0.0292. The van der Waals surface area contributed by atoms with Crippen molar-refractivity contribution in [2.45, 2.75) is 38.1 Å². The SMILES string of the molecule is CN(C)c1ccc(C(=O)N2CCCN(C(=O)NC3CCCC3)CC2)cc1. The van der Waals surface area contributed by atoms with Gasteiger partial charge < -0.3 is 20.0 Å². The Morgan fingerprint density at radius 1 is 0.923 bits per heavy atom. The maximum absolute atomic E-state index is 12.8. The van der Waals surface area contributed by atoms with E-state index in [-0.39, 0.29) is 11.9 Å². The van der Waals surface area contributed by atoms with Gasteiger partial charge in [0.2, 0.25) is 0 Å². The molecule has 6 nitrogen and oxygen atoms in total. The summed E-state index contributed by atoms with van der Waals surface area (Å²) in [6, 6.07) is 8.05. The Morgan fingerprint density at radius 3 is 2.19 bits per heavy atom. The molecular weight excluding hydrogens is 328 g/mol. The van der Waals surface area contributed by atoms with Crippen LogP contribution in [0.3, 0.4) is 0 Å². The quantitative estimate of drug-likeness (QED) is 0.903. The molecule has 3 rings (SSSR count). The lowest BCUT2D eigenvalue weighted by Gasteiger charge is -2.24. The molecule has 0 aromatic heterocycles. The van der Waals surface area contributed by atoms with Crippen LogP contribution < -0.4 is 10.2 Å². The van der Waals surface area contributed by atoms with Crippen LogP contribution in [0.5, 0.6) is 0 Å². The van der Waals surface area contributed by atoms with Crippen LogP contribution >= 0.6 is 0 Å². The third-order valence-electron chi connectivity index (χ3n) is 5.38. The number of hydrogen-bond acceptors (Lipinski definition) is 3. The zero-order valence-corrected chi connectivity index (χ0v) is 15.9. The van der Waals surface area contributed by atoms with Crippen LogP contribution in [-0.4, -0.2) is 68.1 Å². The highest BCUT2D eigenvalue weighted by Gasteiger charge is 2.25. The molecule has 0 spiro atoms. The Balaban J connectivity index is 1.55. The molecule has 1 saturated heterocycles. The van der Waals surface area contributed by atoms with E-state index in [1.54, 1.807) is 0 Å². The van der Waals surface area contributed by atoms with E-state index in [1.807, 2.05) is 53.1 Å². The summed E-state index contributed by atoms with van der Waals surface area (Å²) >= 11 is 0. The molecule has 0 unspecified atom stereocenters. The van der Waals surface area contributed by atoms with E-state index in [0.717, 1.165) is 24.9 Å². The molecule has 1 saturated carbocycles. The van der Waals surface area contributed by atoms with Crippen molar-refractivity contribution >= 4 is 17.6 Å². The fraction of sp³-hybridized carbons (Fsp3) is 0.600. The van der Waals surface area contributed by atoms with E-state index >= 15 is 0 Å². The Hall–Kier alpha value is -2.24. The van der Waals surface area contributed by atoms with Gasteiger partial charge in [0.1, 0.15) is 0 Å². The Morgan fingerprint density at radius 2 is 1.54 bits per heavy atom. The molecule has 3 amide bonds. The summed E-state index contributed by atoms with van der Waals surface area (Å²) < 4.78 is 0. The molecule has 1 N–H and O–H groups in total. The standard InChI is InChI=1S/C20H30N4O2/c1-22(2)18-10-8-16(9-11-18)19(25)23-12-5-13-24(15-14-23)20(26)21-17-6-3-4-7-17/h8-11,17H,3-7,12-15H2,1-2H3,(H,21,26). The highest BCUT2D eigenvalue weighted by molar-refractivity contribution is 5.94. The van der Waals surface area contributed by atoms with Gasteiger partial charge in [0.15, 0.2) is 0 Å². The van der Waals surface area contributed by atoms with Crippen LogP contribution in [-0.2, 0) is 0 Å². The van der Waals surface area contributed by atoms with E-state index in [2.05, 4.69) is 5.32 Å². The van der Waals surface area contributed by atoms with Gasteiger partial charge >= 0.3 is 6.03 Å². The zero-order valence-electron chi connectivity index (χ0n) is 15.9. The van der Waals surface area contributed by atoms with Crippen LogP contribution in [0.4, 0.5) is 10.5 Å². The molecule has 0 atom stereocenters. The molecule has 6 heteroatoms. The van der Waals surface area contributed by atoms with Gasteiger partial charge in [-0.1, -0.05) is 12.8 Å². The number of rotatable bonds is 3. The molecule has 0 radical (unpaired) electrons. The van der Waals surface area contributed by atoms with Crippen LogP contribution in [0, 0.1) is 0 Å². The van der Waals surface area contributed by atoms with Gasteiger partial charge in [-0.05, 0) is 43.5 Å². The average Bonchev–Trinajstić information content (AvgIpc) is 3.02. The Bertz CT molecular complexity index is 623. The molecule has 1 aliphatic carbocycles. The predicted molar refractivity (Wildman–Crippen MR) is 104 cm³/mol. The number of carbonyl (C=O) groups excluding carboxylic acids is 2. The van der Waals surface area contributed by atoms with Gasteiger partial charge in [0, 0.05) is 57.6 Å². The monoisotopic (exact) mass is 358 g/mol. The van der Waals surface area contributed by atoms with Crippen molar-refractivity contribution in [2.24, 2.45) is 0 Å². The molecule has 1 aliphatic heterocycles. The van der Waals surface area contributed by atoms with Crippen molar-refractivity contribution in [3.63, 3.8) is 0 Å². The Labute approximate surface area is 156 Å². The molecule has 2 aliphatic rings. The van der Waals surface area contributed by atoms with Crippen LogP contribution in [0.15, 0.2) is 24.3 Å². The second-order valence-corrected chi connectivity index (χ2v) is 7.50. The second kappa shape index (κ2) is 8.43. The van der Waals surface area contributed by atoms with Crippen molar-refractivity contribution < 1.29 is 9.59 Å². The summed E-state index contributed by atoms with van der Waals surface area (Å²) in [4.78, 5) is 31.0. The fourth-order valence-electron chi connectivity index (χ4n) is 3.74. The number of benzene rings is 1. The van der Waals surface area contributed by atoms with Crippen molar-refractivity contribution in [3.05, 3.63) is 29.8 Å². The zero-order chi connectivity index (χ0) is 18.5. The van der Waals surface area contributed by atoms with Gasteiger partial charge in [-0.2, -0.15) is 0 Å². The first kappa shape index (κ1) is 18.5. The summed E-state index contributed by atoms with van der Waals surface area (Å²) in [7, 11) is 3.97. The highest BCUT2D eigenvalue weighted by Crippen LogP contribution is 2.18. The lowest BCUT2D eigenvalue weighted by atomic mass is 10.1. The third-order valence-corrected chi connectivity index (χ3v) is 5.38. The number of amides is 3. The van der Waals surface area contributed by atoms with E-state index in [1.165, 1.54) is 12.8 Å². The Kier molecular flexibility index (Phi) is 6.01. The summed E-state index contributed by atoms with van der Waals surface area (Å²) in [5.41, 5.74) is 1.78. The number of anilines is 1. The van der Waals surface area contributed by atoms with Gasteiger partial charge in [-0.3, -0.25) is 4.79 Å². The molecular formula is C20H30N4O2. The van der Waals surface area contributed by atoms with Crippen molar-refractivity contribution in [2.75, 3.05) is 45.2 Å². The van der Waals surface area contributed by atoms with Crippen LogP contribution in [0.25, 0.3) is 0 Å². The van der Waals surface area contributed by atoms with Gasteiger partial charge in [0.05, 0.1) is 0 Å². The second-order valence-electron chi connectivity index (χ2n) is 7.50. The molecule has 0 bridgehead atoms. The molecule has 2 fully saturated rings.